The largest absolute Gasteiger partial charge is 0.490 e. The Morgan fingerprint density at radius 2 is 2.00 bits per heavy atom. The van der Waals surface area contributed by atoms with Gasteiger partial charge in [-0.05, 0) is 49.2 Å². The molecule has 1 aromatic rings. The van der Waals surface area contributed by atoms with E-state index in [0.717, 1.165) is 36.1 Å². The molecule has 0 fully saturated rings. The van der Waals surface area contributed by atoms with Crippen molar-refractivity contribution < 1.29 is 9.53 Å². The highest BCUT2D eigenvalue weighted by Gasteiger charge is 2.36. The monoisotopic (exact) mass is 398 g/mol. The number of thiocarbonyl (C=S) groups is 1. The molecule has 0 saturated heterocycles. The van der Waals surface area contributed by atoms with Crippen molar-refractivity contribution in [3.8, 4) is 5.75 Å². The van der Waals surface area contributed by atoms with Crippen LogP contribution in [0.2, 0.25) is 10.0 Å². The van der Waals surface area contributed by atoms with Gasteiger partial charge in [0.15, 0.2) is 16.6 Å². The Hall–Kier alpha value is -1.30. The zero-order valence-electron chi connectivity index (χ0n) is 14.2. The lowest BCUT2D eigenvalue weighted by Crippen LogP contribution is -2.47. The fraction of sp³-hybridized carbons (Fsp3) is 0.444. The van der Waals surface area contributed by atoms with Gasteiger partial charge in [0.05, 0.1) is 22.7 Å². The first-order valence-corrected chi connectivity index (χ1v) is 9.52. The number of hydrogen-bond donors (Lipinski definition) is 1. The summed E-state index contributed by atoms with van der Waals surface area (Å²) in [6, 6.07) is 3.27. The Kier molecular flexibility index (Phi) is 5.56. The van der Waals surface area contributed by atoms with E-state index in [-0.39, 0.29) is 11.8 Å². The molecule has 0 saturated carbocycles. The highest BCUT2D eigenvalue weighted by Crippen LogP contribution is 2.41. The van der Waals surface area contributed by atoms with Crippen LogP contribution >= 0.6 is 35.4 Å². The zero-order chi connectivity index (χ0) is 18.1. The number of hydrogen-bond acceptors (Lipinski definition) is 3. The first-order valence-electron chi connectivity index (χ1n) is 8.36. The molecule has 134 valence electrons. The molecule has 25 heavy (non-hydrogen) atoms. The summed E-state index contributed by atoms with van der Waals surface area (Å²) in [6.45, 7) is 2.56. The van der Waals surface area contributed by atoms with Gasteiger partial charge in [-0.1, -0.05) is 30.1 Å². The molecule has 1 aliphatic heterocycles. The minimum Gasteiger partial charge on any atom is -0.490 e. The molecule has 0 amide bonds. The standard InChI is InChI=1S/C18H20Cl2N2O2S/c1-3-7-24-17-11(19)8-10(9-12(17)20)16-15-13(5-4-6-14(15)23)22(2)18(25)21-16/h8-9,16H,3-7H2,1-2H3,(H,21,25). The Morgan fingerprint density at radius 3 is 2.64 bits per heavy atom. The average molecular weight is 399 g/mol. The molecule has 1 unspecified atom stereocenters. The van der Waals surface area contributed by atoms with Crippen LogP contribution in [0.25, 0.3) is 0 Å². The van der Waals surface area contributed by atoms with Crippen molar-refractivity contribution in [3.63, 3.8) is 0 Å². The predicted molar refractivity (Wildman–Crippen MR) is 104 cm³/mol. The van der Waals surface area contributed by atoms with Gasteiger partial charge in [-0.25, -0.2) is 0 Å². The molecule has 0 spiro atoms. The predicted octanol–water partition coefficient (Wildman–Crippen LogP) is 4.65. The SMILES string of the molecule is CCCOc1c(Cl)cc(C2NC(=S)N(C)C3=C2C(=O)CCC3)cc1Cl. The van der Waals surface area contributed by atoms with Gasteiger partial charge in [0, 0.05) is 24.7 Å². The topological polar surface area (TPSA) is 41.6 Å². The maximum absolute atomic E-state index is 12.6. The van der Waals surface area contributed by atoms with Gasteiger partial charge < -0.3 is 15.0 Å². The summed E-state index contributed by atoms with van der Waals surface area (Å²) >= 11 is 18.2. The van der Waals surface area contributed by atoms with Gasteiger partial charge in [-0.15, -0.1) is 0 Å². The molecule has 1 atom stereocenters. The maximum atomic E-state index is 12.6. The second kappa shape index (κ2) is 7.52. The number of allylic oxidation sites excluding steroid dienone is 1. The Morgan fingerprint density at radius 1 is 1.32 bits per heavy atom. The molecule has 1 heterocycles. The molecule has 0 aromatic heterocycles. The number of halogens is 2. The van der Waals surface area contributed by atoms with Crippen LogP contribution in [0.15, 0.2) is 23.4 Å². The zero-order valence-corrected chi connectivity index (χ0v) is 16.5. The highest BCUT2D eigenvalue weighted by atomic mass is 35.5. The molecular weight excluding hydrogens is 379 g/mol. The molecule has 0 radical (unpaired) electrons. The van der Waals surface area contributed by atoms with E-state index in [4.69, 9.17) is 40.2 Å². The summed E-state index contributed by atoms with van der Waals surface area (Å²) < 4.78 is 5.63. The van der Waals surface area contributed by atoms with Crippen LogP contribution in [0.5, 0.6) is 5.75 Å². The highest BCUT2D eigenvalue weighted by molar-refractivity contribution is 7.80. The van der Waals surface area contributed by atoms with Crippen molar-refractivity contribution in [1.82, 2.24) is 10.2 Å². The Bertz CT molecular complexity index is 740. The molecule has 2 aliphatic rings. The van der Waals surface area contributed by atoms with E-state index in [0.29, 0.717) is 33.9 Å². The smallest absolute Gasteiger partial charge is 0.173 e. The number of nitrogens with one attached hydrogen (secondary N) is 1. The summed E-state index contributed by atoms with van der Waals surface area (Å²) in [6.07, 6.45) is 3.11. The Labute approximate surface area is 163 Å². The first-order chi connectivity index (χ1) is 11.9. The normalized spacial score (nSPS) is 20.5. The van der Waals surface area contributed by atoms with E-state index in [9.17, 15) is 4.79 Å². The van der Waals surface area contributed by atoms with Crippen molar-refractivity contribution in [2.75, 3.05) is 13.7 Å². The van der Waals surface area contributed by atoms with E-state index < -0.39 is 0 Å². The number of Topliss-reactive ketones (excluding diaryl/α,β-unsaturated/α-hetero) is 1. The van der Waals surface area contributed by atoms with E-state index in [1.54, 1.807) is 12.1 Å². The van der Waals surface area contributed by atoms with E-state index in [1.165, 1.54) is 0 Å². The number of rotatable bonds is 4. The third kappa shape index (κ3) is 3.50. The van der Waals surface area contributed by atoms with E-state index in [1.807, 2.05) is 18.9 Å². The van der Waals surface area contributed by atoms with Crippen molar-refractivity contribution in [1.29, 1.82) is 0 Å². The van der Waals surface area contributed by atoms with Crippen molar-refractivity contribution in [3.05, 3.63) is 39.0 Å². The van der Waals surface area contributed by atoms with Crippen LogP contribution in [0, 0.1) is 0 Å². The summed E-state index contributed by atoms with van der Waals surface area (Å²) in [5.41, 5.74) is 2.57. The third-order valence-electron chi connectivity index (χ3n) is 4.50. The fourth-order valence-corrected chi connectivity index (χ4v) is 4.12. The van der Waals surface area contributed by atoms with Crippen molar-refractivity contribution in [2.24, 2.45) is 0 Å². The van der Waals surface area contributed by atoms with Crippen molar-refractivity contribution >= 4 is 46.3 Å². The summed E-state index contributed by atoms with van der Waals surface area (Å²) in [7, 11) is 1.89. The first kappa shape index (κ1) is 18.5. The van der Waals surface area contributed by atoms with Gasteiger partial charge in [0.1, 0.15) is 0 Å². The number of carbonyl (C=O) groups is 1. The molecule has 1 N–H and O–H groups in total. The van der Waals surface area contributed by atoms with Gasteiger partial charge in [0.2, 0.25) is 0 Å². The quantitative estimate of drug-likeness (QED) is 0.747. The third-order valence-corrected chi connectivity index (χ3v) is 5.45. The van der Waals surface area contributed by atoms with Gasteiger partial charge >= 0.3 is 0 Å². The van der Waals surface area contributed by atoms with Crippen LogP contribution in [0.3, 0.4) is 0 Å². The minimum absolute atomic E-state index is 0.145. The molecule has 3 rings (SSSR count). The average Bonchev–Trinajstić information content (AvgIpc) is 2.57. The number of nitrogens with zero attached hydrogens (tertiary/aromatic N) is 1. The van der Waals surface area contributed by atoms with E-state index in [2.05, 4.69) is 5.32 Å². The van der Waals surface area contributed by atoms with Crippen LogP contribution in [-0.2, 0) is 4.79 Å². The van der Waals surface area contributed by atoms with Crippen LogP contribution in [-0.4, -0.2) is 29.5 Å². The van der Waals surface area contributed by atoms with Crippen LogP contribution < -0.4 is 10.1 Å². The lowest BCUT2D eigenvalue weighted by Gasteiger charge is -2.39. The second-order valence-corrected chi connectivity index (χ2v) is 7.44. The number of benzene rings is 1. The lowest BCUT2D eigenvalue weighted by atomic mass is 9.85. The number of carbonyl (C=O) groups excluding carboxylic acids is 1. The summed E-state index contributed by atoms with van der Waals surface area (Å²) in [5, 5.41) is 4.72. The molecule has 7 heteroatoms. The molecular formula is C18H20Cl2N2O2S. The fourth-order valence-electron chi connectivity index (χ4n) is 3.28. The summed E-state index contributed by atoms with van der Waals surface area (Å²) in [5.74, 6) is 0.625. The minimum atomic E-state index is -0.332. The molecule has 1 aromatic carbocycles. The van der Waals surface area contributed by atoms with Crippen molar-refractivity contribution in [2.45, 2.75) is 38.6 Å². The van der Waals surface area contributed by atoms with Crippen LogP contribution in [0.4, 0.5) is 0 Å². The number of ketones is 1. The Balaban J connectivity index is 2.04. The van der Waals surface area contributed by atoms with Crippen LogP contribution in [0.1, 0.15) is 44.2 Å². The van der Waals surface area contributed by atoms with E-state index >= 15 is 0 Å². The maximum Gasteiger partial charge on any atom is 0.173 e. The van der Waals surface area contributed by atoms with Gasteiger partial charge in [0.25, 0.3) is 0 Å². The number of ether oxygens (including phenoxy) is 1. The molecule has 4 nitrogen and oxygen atoms in total. The second-order valence-electron chi connectivity index (χ2n) is 6.24. The van der Waals surface area contributed by atoms with Gasteiger partial charge in [-0.3, -0.25) is 4.79 Å². The summed E-state index contributed by atoms with van der Waals surface area (Å²) in [4.78, 5) is 14.5. The lowest BCUT2D eigenvalue weighted by molar-refractivity contribution is -0.116. The molecule has 1 aliphatic carbocycles. The molecule has 0 bridgehead atoms. The van der Waals surface area contributed by atoms with Gasteiger partial charge in [-0.2, -0.15) is 0 Å².